The number of hydrogen-bond acceptors (Lipinski definition) is 7. The smallest absolute Gasteiger partial charge is 0.246 e. The highest BCUT2D eigenvalue weighted by Gasteiger charge is 2.13. The lowest BCUT2D eigenvalue weighted by Crippen LogP contribution is -2.24. The molecule has 0 bridgehead atoms. The molecule has 0 aliphatic carbocycles. The van der Waals surface area contributed by atoms with Gasteiger partial charge < -0.3 is 14.5 Å². The molecule has 7 nitrogen and oxygen atoms in total. The van der Waals surface area contributed by atoms with Crippen LogP contribution in [0.2, 0.25) is 0 Å². The maximum absolute atomic E-state index is 12.2. The molecule has 0 aliphatic rings. The highest BCUT2D eigenvalue weighted by atomic mass is 32.1. The van der Waals surface area contributed by atoms with Gasteiger partial charge in [0.1, 0.15) is 0 Å². The highest BCUT2D eigenvalue weighted by Crippen LogP contribution is 2.17. The lowest BCUT2D eigenvalue weighted by Gasteiger charge is -2.11. The zero-order valence-electron chi connectivity index (χ0n) is 13.5. The second-order valence-electron chi connectivity index (χ2n) is 5.29. The Bertz CT molecular complexity index is 873. The molecule has 0 radical (unpaired) electrons. The average Bonchev–Trinajstić information content (AvgIpc) is 3.29. The minimum Gasteiger partial charge on any atom is -0.392 e. The van der Waals surface area contributed by atoms with Crippen LogP contribution >= 0.6 is 11.3 Å². The van der Waals surface area contributed by atoms with Crippen molar-refractivity contribution in [1.29, 1.82) is 0 Å². The van der Waals surface area contributed by atoms with Crippen LogP contribution in [0, 0.1) is 0 Å². The molecule has 0 saturated carbocycles. The monoisotopic (exact) mass is 356 g/mol. The number of pyridine rings is 1. The fraction of sp³-hybridized carbons (Fsp3) is 0.176. The predicted molar refractivity (Wildman–Crippen MR) is 93.3 cm³/mol. The van der Waals surface area contributed by atoms with Crippen molar-refractivity contribution in [2.75, 3.05) is 7.05 Å². The van der Waals surface area contributed by atoms with Crippen molar-refractivity contribution in [3.8, 4) is 11.4 Å². The molecule has 0 unspecified atom stereocenters. The summed E-state index contributed by atoms with van der Waals surface area (Å²) in [5, 5.41) is 14.8. The number of aliphatic hydroxyl groups is 1. The van der Waals surface area contributed by atoms with Crippen LogP contribution in [-0.4, -0.2) is 38.1 Å². The molecule has 0 atom stereocenters. The van der Waals surface area contributed by atoms with Crippen LogP contribution in [0.1, 0.15) is 16.3 Å². The number of carbonyl (C=O) groups excluding carboxylic acids is 1. The summed E-state index contributed by atoms with van der Waals surface area (Å²) in [7, 11) is 1.66. The van der Waals surface area contributed by atoms with E-state index < -0.39 is 0 Å². The fourth-order valence-corrected chi connectivity index (χ4v) is 2.86. The topological polar surface area (TPSA) is 92.4 Å². The molecule has 0 spiro atoms. The number of rotatable bonds is 6. The van der Waals surface area contributed by atoms with Gasteiger partial charge in [0.15, 0.2) is 0 Å². The van der Waals surface area contributed by atoms with E-state index in [1.807, 2.05) is 11.4 Å². The normalized spacial score (nSPS) is 11.1. The largest absolute Gasteiger partial charge is 0.392 e. The van der Waals surface area contributed by atoms with Gasteiger partial charge in [0.25, 0.3) is 0 Å². The molecule has 1 N–H and O–H groups in total. The van der Waals surface area contributed by atoms with Gasteiger partial charge in [0.2, 0.25) is 17.6 Å². The van der Waals surface area contributed by atoms with Crippen LogP contribution in [-0.2, 0) is 17.9 Å². The van der Waals surface area contributed by atoms with Crippen molar-refractivity contribution < 1.29 is 14.4 Å². The van der Waals surface area contributed by atoms with E-state index in [1.165, 1.54) is 22.3 Å². The summed E-state index contributed by atoms with van der Waals surface area (Å²) >= 11 is 1.47. The molecule has 3 aromatic rings. The Labute approximate surface area is 148 Å². The van der Waals surface area contributed by atoms with Crippen LogP contribution in [0.5, 0.6) is 0 Å². The number of amides is 1. The first-order chi connectivity index (χ1) is 12.2. The quantitative estimate of drug-likeness (QED) is 0.682. The Hall–Kier alpha value is -2.84. The first-order valence-electron chi connectivity index (χ1n) is 7.50. The average molecular weight is 356 g/mol. The number of likely N-dealkylation sites (N-methyl/N-ethyl adjacent to an activating group) is 1. The minimum absolute atomic E-state index is 0.00480. The molecule has 3 rings (SSSR count). The Morgan fingerprint density at radius 3 is 2.92 bits per heavy atom. The molecule has 3 aromatic heterocycles. The lowest BCUT2D eigenvalue weighted by atomic mass is 10.2. The summed E-state index contributed by atoms with van der Waals surface area (Å²) in [4.78, 5) is 22.8. The van der Waals surface area contributed by atoms with Crippen LogP contribution in [0.15, 0.2) is 46.6 Å². The lowest BCUT2D eigenvalue weighted by molar-refractivity contribution is -0.125. The summed E-state index contributed by atoms with van der Waals surface area (Å²) in [6.45, 7) is 0.211. The van der Waals surface area contributed by atoms with Crippen LogP contribution in [0.25, 0.3) is 17.5 Å². The van der Waals surface area contributed by atoms with E-state index in [-0.39, 0.29) is 19.1 Å². The standard InChI is InChI=1S/C17H16N4O3S/c1-21(16(23)3-2-14-8-12(10-22)11-25-14)9-15-19-17(20-24-15)13-4-6-18-7-5-13/h2-8,11,22H,9-10H2,1H3/b3-2+. The van der Waals surface area contributed by atoms with Gasteiger partial charge in [-0.1, -0.05) is 5.16 Å². The van der Waals surface area contributed by atoms with Crippen molar-refractivity contribution in [1.82, 2.24) is 20.0 Å². The predicted octanol–water partition coefficient (Wildman–Crippen LogP) is 2.36. The van der Waals surface area contributed by atoms with E-state index in [2.05, 4.69) is 15.1 Å². The van der Waals surface area contributed by atoms with Gasteiger partial charge >= 0.3 is 0 Å². The van der Waals surface area contributed by atoms with E-state index in [9.17, 15) is 4.79 Å². The second-order valence-corrected chi connectivity index (χ2v) is 6.23. The van der Waals surface area contributed by atoms with Crippen LogP contribution in [0.3, 0.4) is 0 Å². The molecule has 0 saturated heterocycles. The number of carbonyl (C=O) groups is 1. The zero-order valence-corrected chi connectivity index (χ0v) is 14.3. The third kappa shape index (κ3) is 4.37. The molecular weight excluding hydrogens is 340 g/mol. The van der Waals surface area contributed by atoms with Gasteiger partial charge in [0.05, 0.1) is 13.2 Å². The molecule has 25 heavy (non-hydrogen) atoms. The maximum atomic E-state index is 12.2. The third-order valence-corrected chi connectivity index (χ3v) is 4.35. The van der Waals surface area contributed by atoms with Gasteiger partial charge in [-0.15, -0.1) is 11.3 Å². The molecule has 3 heterocycles. The van der Waals surface area contributed by atoms with E-state index in [1.54, 1.807) is 37.7 Å². The van der Waals surface area contributed by atoms with E-state index in [0.717, 1.165) is 16.0 Å². The number of aliphatic hydroxyl groups excluding tert-OH is 1. The number of aromatic nitrogens is 3. The van der Waals surface area contributed by atoms with E-state index in [4.69, 9.17) is 9.63 Å². The van der Waals surface area contributed by atoms with Gasteiger partial charge in [-0.3, -0.25) is 9.78 Å². The summed E-state index contributed by atoms with van der Waals surface area (Å²) in [6, 6.07) is 5.41. The van der Waals surface area contributed by atoms with Gasteiger partial charge in [-0.2, -0.15) is 4.98 Å². The summed E-state index contributed by atoms with van der Waals surface area (Å²) < 4.78 is 5.20. The molecule has 0 fully saturated rings. The Morgan fingerprint density at radius 1 is 1.40 bits per heavy atom. The number of thiophene rings is 1. The molecule has 8 heteroatoms. The van der Waals surface area contributed by atoms with Crippen LogP contribution in [0.4, 0.5) is 0 Å². The van der Waals surface area contributed by atoms with Crippen molar-refractivity contribution in [3.05, 3.63) is 58.4 Å². The zero-order chi connectivity index (χ0) is 17.6. The third-order valence-electron chi connectivity index (χ3n) is 3.40. The van der Waals surface area contributed by atoms with E-state index >= 15 is 0 Å². The summed E-state index contributed by atoms with van der Waals surface area (Å²) in [5.41, 5.74) is 1.64. The molecular formula is C17H16N4O3S. The SMILES string of the molecule is CN(Cc1nc(-c2ccncc2)no1)C(=O)/C=C/c1cc(CO)cs1. The van der Waals surface area contributed by atoms with E-state index in [0.29, 0.717) is 11.7 Å². The summed E-state index contributed by atoms with van der Waals surface area (Å²) in [6.07, 6.45) is 6.50. The molecule has 1 amide bonds. The highest BCUT2D eigenvalue weighted by molar-refractivity contribution is 7.11. The Kier molecular flexibility index (Phi) is 5.32. The number of hydrogen-bond donors (Lipinski definition) is 1. The maximum Gasteiger partial charge on any atom is 0.246 e. The number of nitrogens with zero attached hydrogens (tertiary/aromatic N) is 4. The van der Waals surface area contributed by atoms with Gasteiger partial charge in [-0.25, -0.2) is 0 Å². The molecule has 0 aromatic carbocycles. The van der Waals surface area contributed by atoms with Gasteiger partial charge in [-0.05, 0) is 35.2 Å². The van der Waals surface area contributed by atoms with Crippen molar-refractivity contribution in [2.45, 2.75) is 13.2 Å². The van der Waals surface area contributed by atoms with Gasteiger partial charge in [0, 0.05) is 36.0 Å². The Balaban J connectivity index is 1.61. The minimum atomic E-state index is -0.178. The molecule has 0 aliphatic heterocycles. The van der Waals surface area contributed by atoms with Crippen LogP contribution < -0.4 is 0 Å². The van der Waals surface area contributed by atoms with Crippen molar-refractivity contribution >= 4 is 23.3 Å². The first-order valence-corrected chi connectivity index (χ1v) is 8.38. The Morgan fingerprint density at radius 2 is 2.20 bits per heavy atom. The van der Waals surface area contributed by atoms with Crippen molar-refractivity contribution in [2.24, 2.45) is 0 Å². The fourth-order valence-electron chi connectivity index (χ4n) is 2.06. The van der Waals surface area contributed by atoms with Crippen molar-refractivity contribution in [3.63, 3.8) is 0 Å². The first kappa shape index (κ1) is 17.0. The second kappa shape index (κ2) is 7.82. The molecule has 128 valence electrons. The summed E-state index contributed by atoms with van der Waals surface area (Å²) in [5.74, 6) is 0.640.